The Morgan fingerprint density at radius 3 is 2.74 bits per heavy atom. The van der Waals surface area contributed by atoms with Gasteiger partial charge in [-0.25, -0.2) is 9.36 Å². The number of piperidine rings is 1. The molecule has 0 bridgehead atoms. The van der Waals surface area contributed by atoms with Crippen molar-refractivity contribution in [3.63, 3.8) is 0 Å². The molecule has 1 saturated heterocycles. The van der Waals surface area contributed by atoms with Crippen molar-refractivity contribution >= 4 is 27.9 Å². The van der Waals surface area contributed by atoms with Gasteiger partial charge in [0.15, 0.2) is 17.4 Å². The maximum absolute atomic E-state index is 13.7. The molecule has 0 saturated carbocycles. The summed E-state index contributed by atoms with van der Waals surface area (Å²) < 4.78 is 4.91. The minimum atomic E-state index is -0.538. The Balaban J connectivity index is 1.70. The van der Waals surface area contributed by atoms with Crippen LogP contribution in [0.1, 0.15) is 25.5 Å². The number of aromatic nitrogens is 5. The molecule has 180 valence electrons. The molecule has 2 N–H and O–H groups in total. The van der Waals surface area contributed by atoms with Gasteiger partial charge in [0.2, 0.25) is 11.6 Å². The number of pyridine rings is 1. The molecule has 1 fully saturated rings. The zero-order valence-corrected chi connectivity index (χ0v) is 19.8. The molecule has 1 atom stereocenters. The van der Waals surface area contributed by atoms with Crippen molar-refractivity contribution < 1.29 is 4.73 Å². The lowest BCUT2D eigenvalue weighted by atomic mass is 10.1. The van der Waals surface area contributed by atoms with E-state index in [0.717, 1.165) is 34.7 Å². The average molecular weight is 474 g/mol. The Kier molecular flexibility index (Phi) is 5.78. The molecule has 1 aromatic carbocycles. The minimum absolute atomic E-state index is 0.00940. The van der Waals surface area contributed by atoms with Crippen LogP contribution in [0.5, 0.6) is 0 Å². The largest absolute Gasteiger partial charge is 0.618 e. The minimum Gasteiger partial charge on any atom is -0.618 e. The van der Waals surface area contributed by atoms with Gasteiger partial charge >= 0.3 is 5.69 Å². The third kappa shape index (κ3) is 3.94. The Morgan fingerprint density at radius 1 is 1.23 bits per heavy atom. The summed E-state index contributed by atoms with van der Waals surface area (Å²) >= 11 is 0. The summed E-state index contributed by atoms with van der Waals surface area (Å²) in [5, 5.41) is 14.3. The number of rotatable bonds is 4. The molecule has 4 heterocycles. The third-order valence-corrected chi connectivity index (χ3v) is 6.54. The molecule has 10 nitrogen and oxygen atoms in total. The second-order valence-electron chi connectivity index (χ2n) is 8.90. The molecule has 35 heavy (non-hydrogen) atoms. The molecule has 1 aliphatic heterocycles. The van der Waals surface area contributed by atoms with Crippen LogP contribution in [0.25, 0.3) is 21.9 Å². The fraction of sp³-hybridized carbons (Fsp3) is 0.360. The first-order valence-electron chi connectivity index (χ1n) is 11.6. The van der Waals surface area contributed by atoms with Gasteiger partial charge in [0.25, 0.3) is 5.56 Å². The number of nitrogens with two attached hydrogens (primary N) is 1. The molecule has 0 spiro atoms. The van der Waals surface area contributed by atoms with E-state index < -0.39 is 11.2 Å². The quantitative estimate of drug-likeness (QED) is 0.265. The van der Waals surface area contributed by atoms with Crippen LogP contribution < -0.4 is 26.6 Å². The number of aryl methyl sites for hydroxylation is 1. The fourth-order valence-corrected chi connectivity index (χ4v) is 4.73. The van der Waals surface area contributed by atoms with Crippen molar-refractivity contribution in [3.05, 3.63) is 68.3 Å². The molecule has 0 amide bonds. The lowest BCUT2D eigenvalue weighted by Gasteiger charge is -2.31. The summed E-state index contributed by atoms with van der Waals surface area (Å²) in [5.41, 5.74) is 6.02. The second kappa shape index (κ2) is 8.92. The molecule has 3 aromatic heterocycles. The van der Waals surface area contributed by atoms with Gasteiger partial charge in [-0.15, -0.1) is 5.92 Å². The maximum Gasteiger partial charge on any atom is 0.333 e. The molecule has 0 aliphatic carbocycles. The first-order valence-corrected chi connectivity index (χ1v) is 11.6. The number of fused-ring (bicyclic) bond motifs is 2. The summed E-state index contributed by atoms with van der Waals surface area (Å²) in [6.07, 6.45) is 3.30. The van der Waals surface area contributed by atoms with Crippen LogP contribution in [-0.2, 0) is 20.1 Å². The lowest BCUT2D eigenvalue weighted by molar-refractivity contribution is -0.612. The third-order valence-electron chi connectivity index (χ3n) is 6.54. The van der Waals surface area contributed by atoms with Crippen LogP contribution in [0.2, 0.25) is 0 Å². The molecule has 10 heteroatoms. The zero-order valence-electron chi connectivity index (χ0n) is 19.8. The molecular formula is C25H27N7O3. The highest BCUT2D eigenvalue weighted by Gasteiger charge is 2.26. The molecule has 0 radical (unpaired) electrons. The number of nitrogens with zero attached hydrogens (tertiary/aromatic N) is 6. The van der Waals surface area contributed by atoms with Gasteiger partial charge < -0.3 is 15.8 Å². The number of anilines is 1. The van der Waals surface area contributed by atoms with Gasteiger partial charge in [0, 0.05) is 37.6 Å². The SMILES string of the molecule is CC#CCn1c(N2CCC[C@@H](N)C2)nc2c1c(=O)n(Cc1cc3ccccc3c[n+]1[O-])c(=O)n2C. The van der Waals surface area contributed by atoms with Crippen molar-refractivity contribution in [2.75, 3.05) is 18.0 Å². The van der Waals surface area contributed by atoms with Crippen LogP contribution in [0.4, 0.5) is 5.95 Å². The average Bonchev–Trinajstić information content (AvgIpc) is 3.24. The van der Waals surface area contributed by atoms with Gasteiger partial charge in [0.05, 0.1) is 6.54 Å². The summed E-state index contributed by atoms with van der Waals surface area (Å²) in [6, 6.07) is 9.17. The molecule has 1 aliphatic rings. The Bertz CT molecular complexity index is 1620. The summed E-state index contributed by atoms with van der Waals surface area (Å²) in [6.45, 7) is 3.18. The van der Waals surface area contributed by atoms with Crippen molar-refractivity contribution in [2.24, 2.45) is 12.8 Å². The number of hydrogen-bond donors (Lipinski definition) is 1. The molecule has 0 unspecified atom stereocenters. The van der Waals surface area contributed by atoms with E-state index in [1.165, 1.54) is 10.8 Å². The standard InChI is InChI=1S/C25H27N7O3/c1-3-4-12-30-21-22(27-24(30)29-11-7-10-19(26)15-29)28(2)25(34)31(23(21)33)16-20-13-17-8-5-6-9-18(17)14-32(20)35/h5-6,8-9,13-14,19H,7,10-12,15-16,26H2,1-2H3/t19-/m1/s1. The molecule has 4 aromatic rings. The van der Waals surface area contributed by atoms with Crippen LogP contribution >= 0.6 is 0 Å². The van der Waals surface area contributed by atoms with Crippen LogP contribution in [0, 0.1) is 17.0 Å². The summed E-state index contributed by atoms with van der Waals surface area (Å²) in [5.74, 6) is 6.46. The van der Waals surface area contributed by atoms with Crippen LogP contribution in [0.15, 0.2) is 46.1 Å². The fourth-order valence-electron chi connectivity index (χ4n) is 4.73. The van der Waals surface area contributed by atoms with Gasteiger partial charge in [0.1, 0.15) is 6.54 Å². The van der Waals surface area contributed by atoms with E-state index in [0.29, 0.717) is 22.9 Å². The maximum atomic E-state index is 13.7. The van der Waals surface area contributed by atoms with Gasteiger partial charge in [-0.2, -0.15) is 9.71 Å². The highest BCUT2D eigenvalue weighted by molar-refractivity contribution is 5.81. The number of imidazole rings is 1. The monoisotopic (exact) mass is 473 g/mol. The zero-order chi connectivity index (χ0) is 24.7. The lowest BCUT2D eigenvalue weighted by Crippen LogP contribution is -2.44. The Hall–Kier alpha value is -4.10. The number of hydrogen-bond acceptors (Lipinski definition) is 6. The first kappa shape index (κ1) is 22.7. The molecular weight excluding hydrogens is 446 g/mol. The summed E-state index contributed by atoms with van der Waals surface area (Å²) in [4.78, 5) is 33.7. The van der Waals surface area contributed by atoms with Gasteiger partial charge in [-0.05, 0) is 31.2 Å². The van der Waals surface area contributed by atoms with Crippen molar-refractivity contribution in [1.29, 1.82) is 0 Å². The first-order chi connectivity index (χ1) is 16.9. The van der Waals surface area contributed by atoms with E-state index in [9.17, 15) is 14.8 Å². The van der Waals surface area contributed by atoms with Crippen molar-refractivity contribution in [2.45, 2.75) is 38.9 Å². The van der Waals surface area contributed by atoms with E-state index in [1.807, 2.05) is 24.3 Å². The van der Waals surface area contributed by atoms with E-state index in [1.54, 1.807) is 24.6 Å². The van der Waals surface area contributed by atoms with E-state index in [2.05, 4.69) is 16.7 Å². The van der Waals surface area contributed by atoms with E-state index in [4.69, 9.17) is 10.7 Å². The molecule has 5 rings (SSSR count). The Labute approximate surface area is 201 Å². The van der Waals surface area contributed by atoms with Crippen LogP contribution in [-0.4, -0.2) is 37.8 Å². The Morgan fingerprint density at radius 2 is 2.00 bits per heavy atom. The van der Waals surface area contributed by atoms with E-state index >= 15 is 0 Å². The highest BCUT2D eigenvalue weighted by Crippen LogP contribution is 2.23. The normalized spacial score (nSPS) is 16.0. The van der Waals surface area contributed by atoms with Crippen LogP contribution in [0.3, 0.4) is 0 Å². The van der Waals surface area contributed by atoms with Gasteiger partial charge in [-0.1, -0.05) is 24.1 Å². The van der Waals surface area contributed by atoms with Gasteiger partial charge in [-0.3, -0.25) is 13.9 Å². The topological polar surface area (TPSA) is 118 Å². The van der Waals surface area contributed by atoms with Crippen molar-refractivity contribution in [3.8, 4) is 11.8 Å². The number of benzene rings is 1. The predicted molar refractivity (Wildman–Crippen MR) is 134 cm³/mol. The van der Waals surface area contributed by atoms with E-state index in [-0.39, 0.29) is 30.3 Å². The highest BCUT2D eigenvalue weighted by atomic mass is 16.5. The second-order valence-corrected chi connectivity index (χ2v) is 8.90. The van der Waals surface area contributed by atoms with Crippen molar-refractivity contribution in [1.82, 2.24) is 18.7 Å². The predicted octanol–water partition coefficient (Wildman–Crippen LogP) is 0.682. The summed E-state index contributed by atoms with van der Waals surface area (Å²) in [7, 11) is 1.58. The smallest absolute Gasteiger partial charge is 0.333 e.